The van der Waals surface area contributed by atoms with E-state index in [2.05, 4.69) is 0 Å². The minimum Gasteiger partial charge on any atom is -1.00 e. The van der Waals surface area contributed by atoms with E-state index in [-0.39, 0.29) is 44.4 Å². The van der Waals surface area contributed by atoms with Crippen LogP contribution in [0.3, 0.4) is 0 Å². The molecule has 58 valence electrons. The van der Waals surface area contributed by atoms with Gasteiger partial charge in [0.05, 0.1) is 0 Å². The van der Waals surface area contributed by atoms with Crippen molar-refractivity contribution < 1.29 is 43.7 Å². The average Bonchev–Trinajstić information content (AvgIpc) is 1.80. The van der Waals surface area contributed by atoms with Crippen molar-refractivity contribution in [2.75, 3.05) is 0 Å². The maximum absolute atomic E-state index is 10.6. The number of hydrogen-bond donors (Lipinski definition) is 0. The Morgan fingerprint density at radius 1 is 1.09 bits per heavy atom. The molecule has 1 nitrogen and oxygen atoms in total. The molecule has 0 bridgehead atoms. The van der Waals surface area contributed by atoms with E-state index in [4.69, 9.17) is 0 Å². The van der Waals surface area contributed by atoms with Gasteiger partial charge in [-0.3, -0.25) is 0 Å². The summed E-state index contributed by atoms with van der Waals surface area (Å²) >= 11 is 0. The molecule has 0 amide bonds. The van der Waals surface area contributed by atoms with Crippen molar-refractivity contribution in [3.63, 3.8) is 0 Å². The summed E-state index contributed by atoms with van der Waals surface area (Å²) in [5, 5.41) is 10.6. The third-order valence-corrected chi connectivity index (χ3v) is 1.48. The second kappa shape index (κ2) is 5.79. The Hall–Kier alpha value is 0.193. The largest absolute Gasteiger partial charge is 2.00 e. The van der Waals surface area contributed by atoms with Crippen molar-refractivity contribution in [3.05, 3.63) is 29.3 Å². The first-order valence-electron chi connectivity index (χ1n) is 2.94. The zero-order valence-electron chi connectivity index (χ0n) is 6.52. The Kier molecular flexibility index (Phi) is 7.25. The second-order valence-electron chi connectivity index (χ2n) is 2.25. The van der Waals surface area contributed by atoms with Crippen LogP contribution in [0.15, 0.2) is 18.2 Å². The number of benzene rings is 1. The van der Waals surface area contributed by atoms with Crippen LogP contribution < -0.4 is 17.5 Å². The van der Waals surface area contributed by atoms with Crippen LogP contribution in [0.25, 0.3) is 0 Å². The van der Waals surface area contributed by atoms with Gasteiger partial charge in [-0.2, -0.15) is 0 Å². The first-order valence-corrected chi connectivity index (χ1v) is 2.94. The van der Waals surface area contributed by atoms with Gasteiger partial charge in [0.1, 0.15) is 0 Å². The zero-order chi connectivity index (χ0) is 6.85. The average molecular weight is 248 g/mol. The molecule has 0 atom stereocenters. The van der Waals surface area contributed by atoms with Crippen LogP contribution in [0.5, 0.6) is 5.75 Å². The summed E-state index contributed by atoms with van der Waals surface area (Å²) in [6.07, 6.45) is 0. The second-order valence-corrected chi connectivity index (χ2v) is 2.25. The van der Waals surface area contributed by atoms with Gasteiger partial charge in [-0.15, -0.1) is 5.75 Å². The molecule has 0 fully saturated rings. The van der Waals surface area contributed by atoms with Crippen LogP contribution >= 0.6 is 0 Å². The third kappa shape index (κ3) is 3.93. The monoisotopic (exact) mass is 246 g/mol. The molecule has 0 saturated heterocycles. The SMILES string of the molecule is Cc1ccc([O-])cc1C.[Cl-].[Zr+2]. The molecular formula is C8H9ClOZr. The molecule has 0 aliphatic carbocycles. The van der Waals surface area contributed by atoms with Gasteiger partial charge in [0.2, 0.25) is 0 Å². The first-order chi connectivity index (χ1) is 4.20. The van der Waals surface area contributed by atoms with Crippen molar-refractivity contribution in [1.82, 2.24) is 0 Å². The smallest absolute Gasteiger partial charge is 1.00 e. The quantitative estimate of drug-likeness (QED) is 0.541. The Balaban J connectivity index is 0. The maximum atomic E-state index is 10.6. The van der Waals surface area contributed by atoms with E-state index in [1.54, 1.807) is 12.1 Å². The van der Waals surface area contributed by atoms with E-state index in [0.717, 1.165) is 5.56 Å². The van der Waals surface area contributed by atoms with Crippen molar-refractivity contribution in [2.45, 2.75) is 13.8 Å². The van der Waals surface area contributed by atoms with Crippen molar-refractivity contribution in [1.29, 1.82) is 0 Å². The van der Waals surface area contributed by atoms with E-state index in [9.17, 15) is 5.11 Å². The number of rotatable bonds is 0. The minimum absolute atomic E-state index is 0. The molecule has 0 aliphatic rings. The van der Waals surface area contributed by atoms with Gasteiger partial charge in [0.25, 0.3) is 0 Å². The molecule has 1 rings (SSSR count). The Labute approximate surface area is 92.4 Å². The molecule has 0 spiro atoms. The summed E-state index contributed by atoms with van der Waals surface area (Å²) in [6, 6.07) is 5.08. The van der Waals surface area contributed by atoms with Crippen LogP contribution in [0.1, 0.15) is 11.1 Å². The van der Waals surface area contributed by atoms with Crippen molar-refractivity contribution >= 4 is 0 Å². The summed E-state index contributed by atoms with van der Waals surface area (Å²) in [5.74, 6) is 0.0955. The van der Waals surface area contributed by atoms with Crippen LogP contribution in [-0.2, 0) is 26.2 Å². The summed E-state index contributed by atoms with van der Waals surface area (Å²) in [5.41, 5.74) is 2.25. The summed E-state index contributed by atoms with van der Waals surface area (Å²) in [7, 11) is 0. The standard InChI is InChI=1S/C8H10O.ClH.Zr/c1-6-3-4-8(9)5-7(6)2;;/h3-5,9H,1-2H3;1H;/q;;+2/p-2. The topological polar surface area (TPSA) is 23.1 Å². The van der Waals surface area contributed by atoms with Crippen LogP contribution in [0.2, 0.25) is 0 Å². The molecule has 11 heavy (non-hydrogen) atoms. The molecule has 0 N–H and O–H groups in total. The van der Waals surface area contributed by atoms with E-state index in [1.807, 2.05) is 19.9 Å². The summed E-state index contributed by atoms with van der Waals surface area (Å²) in [6.45, 7) is 3.94. The van der Waals surface area contributed by atoms with Crippen LogP contribution in [-0.4, -0.2) is 0 Å². The molecular weight excluding hydrogens is 239 g/mol. The van der Waals surface area contributed by atoms with Gasteiger partial charge in [0, 0.05) is 0 Å². The maximum Gasteiger partial charge on any atom is 2.00 e. The van der Waals surface area contributed by atoms with E-state index in [0.29, 0.717) is 0 Å². The van der Waals surface area contributed by atoms with Gasteiger partial charge in [0.15, 0.2) is 0 Å². The fourth-order valence-corrected chi connectivity index (χ4v) is 0.714. The first kappa shape index (κ1) is 13.8. The summed E-state index contributed by atoms with van der Waals surface area (Å²) < 4.78 is 0. The Morgan fingerprint density at radius 2 is 1.64 bits per heavy atom. The van der Waals surface area contributed by atoms with Crippen LogP contribution in [0, 0.1) is 13.8 Å². The molecule has 3 heteroatoms. The normalized spacial score (nSPS) is 7.82. The molecule has 1 aromatic carbocycles. The molecule has 0 heterocycles. The van der Waals surface area contributed by atoms with Gasteiger partial charge in [-0.05, 0) is 25.0 Å². The number of halogens is 1. The zero-order valence-corrected chi connectivity index (χ0v) is 9.73. The number of aryl methyl sites for hydroxylation is 2. The minimum atomic E-state index is 0. The van der Waals surface area contributed by atoms with E-state index in [1.165, 1.54) is 5.56 Å². The van der Waals surface area contributed by atoms with E-state index >= 15 is 0 Å². The Bertz CT molecular complexity index is 225. The predicted molar refractivity (Wildman–Crippen MR) is 35.4 cm³/mol. The van der Waals surface area contributed by atoms with Crippen molar-refractivity contribution in [3.8, 4) is 5.75 Å². The van der Waals surface area contributed by atoms with Crippen LogP contribution in [0.4, 0.5) is 0 Å². The molecule has 1 aromatic rings. The van der Waals surface area contributed by atoms with E-state index < -0.39 is 0 Å². The predicted octanol–water partition coefficient (Wildman–Crippen LogP) is -1.62. The molecule has 0 unspecified atom stereocenters. The number of hydrogen-bond acceptors (Lipinski definition) is 1. The van der Waals surface area contributed by atoms with Gasteiger partial charge >= 0.3 is 26.2 Å². The van der Waals surface area contributed by atoms with Crippen molar-refractivity contribution in [2.24, 2.45) is 0 Å². The molecule has 0 aliphatic heterocycles. The summed E-state index contributed by atoms with van der Waals surface area (Å²) in [4.78, 5) is 0. The third-order valence-electron chi connectivity index (χ3n) is 1.48. The van der Waals surface area contributed by atoms with Gasteiger partial charge < -0.3 is 17.5 Å². The molecule has 0 radical (unpaired) electrons. The molecule has 0 aromatic heterocycles. The fourth-order valence-electron chi connectivity index (χ4n) is 0.714. The fraction of sp³-hybridized carbons (Fsp3) is 0.250. The Morgan fingerprint density at radius 3 is 2.00 bits per heavy atom. The van der Waals surface area contributed by atoms with Gasteiger partial charge in [-0.25, -0.2) is 0 Å². The van der Waals surface area contributed by atoms with Gasteiger partial charge in [-0.1, -0.05) is 18.2 Å². The molecule has 0 saturated carbocycles.